The molecule has 2 heteroatoms. The molecule has 0 saturated heterocycles. The van der Waals surface area contributed by atoms with Crippen molar-refractivity contribution in [3.05, 3.63) is 0 Å². The molecule has 0 aromatic carbocycles. The van der Waals surface area contributed by atoms with E-state index in [2.05, 4.69) is 32.5 Å². The van der Waals surface area contributed by atoms with Crippen molar-refractivity contribution >= 4 is 8.07 Å². The summed E-state index contributed by atoms with van der Waals surface area (Å²) in [7, 11) is 0.131. The zero-order valence-electron chi connectivity index (χ0n) is 8.35. The van der Waals surface area contributed by atoms with E-state index >= 15 is 0 Å². The van der Waals surface area contributed by atoms with Gasteiger partial charge in [0.05, 0.1) is 0 Å². The van der Waals surface area contributed by atoms with Crippen molar-refractivity contribution in [2.24, 2.45) is 5.92 Å². The third-order valence-electron chi connectivity index (χ3n) is 2.08. The SMILES string of the molecule is CCNP(C)CCC(C)CC. The first kappa shape index (κ1) is 11.4. The van der Waals surface area contributed by atoms with Crippen molar-refractivity contribution in [1.29, 1.82) is 0 Å². The first-order valence-electron chi connectivity index (χ1n) is 4.65. The third kappa shape index (κ3) is 6.77. The lowest BCUT2D eigenvalue weighted by Crippen LogP contribution is -2.08. The molecule has 0 radical (unpaired) electrons. The lowest BCUT2D eigenvalue weighted by atomic mass is 10.1. The normalized spacial score (nSPS) is 16.4. The second kappa shape index (κ2) is 7.06. The standard InChI is InChI=1S/C9H22NP/c1-5-9(3)7-8-11(4)10-6-2/h9-10H,5-8H2,1-4H3. The fourth-order valence-electron chi connectivity index (χ4n) is 0.967. The molecule has 0 rings (SSSR count). The first-order valence-corrected chi connectivity index (χ1v) is 6.62. The Kier molecular flexibility index (Phi) is 7.31. The van der Waals surface area contributed by atoms with Crippen molar-refractivity contribution < 1.29 is 0 Å². The summed E-state index contributed by atoms with van der Waals surface area (Å²) in [4.78, 5) is 0. The van der Waals surface area contributed by atoms with Crippen molar-refractivity contribution in [3.63, 3.8) is 0 Å². The fraction of sp³-hybridized carbons (Fsp3) is 1.00. The van der Waals surface area contributed by atoms with Crippen LogP contribution in [-0.2, 0) is 0 Å². The van der Waals surface area contributed by atoms with Gasteiger partial charge in [-0.05, 0) is 39.8 Å². The van der Waals surface area contributed by atoms with Gasteiger partial charge in [0.25, 0.3) is 0 Å². The summed E-state index contributed by atoms with van der Waals surface area (Å²) in [6.07, 6.45) is 4.11. The van der Waals surface area contributed by atoms with E-state index in [4.69, 9.17) is 0 Å². The summed E-state index contributed by atoms with van der Waals surface area (Å²) in [5, 5.41) is 3.49. The minimum absolute atomic E-state index is 0.131. The average Bonchev–Trinajstić information content (AvgIpc) is 2.01. The Morgan fingerprint density at radius 2 is 2.00 bits per heavy atom. The maximum atomic E-state index is 3.49. The Labute approximate surface area is 72.8 Å². The molecule has 0 aliphatic heterocycles. The second-order valence-corrected chi connectivity index (χ2v) is 5.39. The summed E-state index contributed by atoms with van der Waals surface area (Å²) < 4.78 is 0. The van der Waals surface area contributed by atoms with E-state index in [1.54, 1.807) is 0 Å². The van der Waals surface area contributed by atoms with E-state index < -0.39 is 0 Å². The lowest BCUT2D eigenvalue weighted by Gasteiger charge is -2.14. The summed E-state index contributed by atoms with van der Waals surface area (Å²) >= 11 is 0. The monoisotopic (exact) mass is 175 g/mol. The molecule has 68 valence electrons. The van der Waals surface area contributed by atoms with Crippen LogP contribution >= 0.6 is 8.07 Å². The highest BCUT2D eigenvalue weighted by molar-refractivity contribution is 7.54. The molecule has 0 heterocycles. The van der Waals surface area contributed by atoms with Crippen LogP contribution in [-0.4, -0.2) is 19.4 Å². The predicted octanol–water partition coefficient (Wildman–Crippen LogP) is 3.06. The van der Waals surface area contributed by atoms with Gasteiger partial charge in [0.2, 0.25) is 0 Å². The zero-order valence-corrected chi connectivity index (χ0v) is 9.25. The number of rotatable bonds is 6. The number of hydrogen-bond acceptors (Lipinski definition) is 1. The van der Waals surface area contributed by atoms with E-state index in [0.29, 0.717) is 0 Å². The maximum Gasteiger partial charge on any atom is -0.00385 e. The Bertz CT molecular complexity index is 85.6. The molecular formula is C9H22NP. The van der Waals surface area contributed by atoms with Crippen molar-refractivity contribution in [3.8, 4) is 0 Å². The van der Waals surface area contributed by atoms with Gasteiger partial charge in [0.1, 0.15) is 0 Å². The molecule has 1 N–H and O–H groups in total. The van der Waals surface area contributed by atoms with Crippen LogP contribution in [0.5, 0.6) is 0 Å². The third-order valence-corrected chi connectivity index (χ3v) is 3.87. The van der Waals surface area contributed by atoms with E-state index in [9.17, 15) is 0 Å². The highest BCUT2D eigenvalue weighted by atomic mass is 31.1. The van der Waals surface area contributed by atoms with Crippen LogP contribution < -0.4 is 5.09 Å². The molecule has 0 amide bonds. The second-order valence-electron chi connectivity index (χ2n) is 3.24. The average molecular weight is 175 g/mol. The number of nitrogens with one attached hydrogen (secondary N) is 1. The molecule has 2 atom stereocenters. The molecule has 0 aliphatic rings. The largest absolute Gasteiger partial charge is 0.296 e. The van der Waals surface area contributed by atoms with Gasteiger partial charge in [0.15, 0.2) is 0 Å². The predicted molar refractivity (Wildman–Crippen MR) is 55.5 cm³/mol. The van der Waals surface area contributed by atoms with E-state index in [0.717, 1.165) is 12.5 Å². The summed E-state index contributed by atoms with van der Waals surface area (Å²) in [6.45, 7) is 10.3. The van der Waals surface area contributed by atoms with Crippen LogP contribution in [0, 0.1) is 5.92 Å². The van der Waals surface area contributed by atoms with Gasteiger partial charge in [0, 0.05) is 0 Å². The van der Waals surface area contributed by atoms with Gasteiger partial charge in [-0.2, -0.15) is 0 Å². The number of hydrogen-bond donors (Lipinski definition) is 1. The van der Waals surface area contributed by atoms with Crippen LogP contribution in [0.1, 0.15) is 33.6 Å². The molecule has 0 bridgehead atoms. The quantitative estimate of drug-likeness (QED) is 0.612. The van der Waals surface area contributed by atoms with Crippen LogP contribution in [0.25, 0.3) is 0 Å². The molecule has 11 heavy (non-hydrogen) atoms. The van der Waals surface area contributed by atoms with Gasteiger partial charge in [-0.15, -0.1) is 0 Å². The van der Waals surface area contributed by atoms with Gasteiger partial charge in [-0.1, -0.05) is 27.2 Å². The Morgan fingerprint density at radius 3 is 2.45 bits per heavy atom. The van der Waals surface area contributed by atoms with Crippen LogP contribution in [0.15, 0.2) is 0 Å². The fourth-order valence-corrected chi connectivity index (χ4v) is 2.49. The summed E-state index contributed by atoms with van der Waals surface area (Å²) in [6, 6.07) is 0. The maximum absolute atomic E-state index is 3.49. The van der Waals surface area contributed by atoms with Crippen LogP contribution in [0.3, 0.4) is 0 Å². The molecular weight excluding hydrogens is 153 g/mol. The van der Waals surface area contributed by atoms with E-state index in [1.807, 2.05) is 0 Å². The van der Waals surface area contributed by atoms with E-state index in [1.165, 1.54) is 19.0 Å². The van der Waals surface area contributed by atoms with Crippen molar-refractivity contribution in [2.75, 3.05) is 19.4 Å². The molecule has 1 nitrogen and oxygen atoms in total. The Morgan fingerprint density at radius 1 is 1.36 bits per heavy atom. The highest BCUT2D eigenvalue weighted by Gasteiger charge is 2.02. The van der Waals surface area contributed by atoms with Crippen molar-refractivity contribution in [2.45, 2.75) is 33.6 Å². The van der Waals surface area contributed by atoms with Gasteiger partial charge < -0.3 is 0 Å². The van der Waals surface area contributed by atoms with Gasteiger partial charge >= 0.3 is 0 Å². The summed E-state index contributed by atoms with van der Waals surface area (Å²) in [5.41, 5.74) is 0. The minimum Gasteiger partial charge on any atom is -0.296 e. The first-order chi connectivity index (χ1) is 5.20. The van der Waals surface area contributed by atoms with Gasteiger partial charge in [-0.25, -0.2) is 0 Å². The molecule has 0 aliphatic carbocycles. The molecule has 0 aromatic rings. The topological polar surface area (TPSA) is 12.0 Å². The van der Waals surface area contributed by atoms with Gasteiger partial charge in [-0.3, -0.25) is 5.09 Å². The summed E-state index contributed by atoms with van der Waals surface area (Å²) in [5.74, 6) is 0.915. The van der Waals surface area contributed by atoms with Crippen molar-refractivity contribution in [1.82, 2.24) is 5.09 Å². The Balaban J connectivity index is 3.22. The van der Waals surface area contributed by atoms with Crippen LogP contribution in [0.2, 0.25) is 0 Å². The lowest BCUT2D eigenvalue weighted by molar-refractivity contribution is 0.546. The van der Waals surface area contributed by atoms with Crippen LogP contribution in [0.4, 0.5) is 0 Å². The minimum atomic E-state index is 0.131. The Hall–Kier alpha value is 0.390. The molecule has 0 saturated carbocycles. The highest BCUT2D eigenvalue weighted by Crippen LogP contribution is 2.27. The molecule has 0 spiro atoms. The van der Waals surface area contributed by atoms with E-state index in [-0.39, 0.29) is 8.07 Å². The zero-order chi connectivity index (χ0) is 8.69. The molecule has 0 fully saturated rings. The molecule has 0 aromatic heterocycles. The molecule has 2 unspecified atom stereocenters. The smallest absolute Gasteiger partial charge is 0.00385 e.